The molecule has 5 nitrogen and oxygen atoms in total. The Hall–Kier alpha value is -1.36. The number of anilines is 2. The first-order chi connectivity index (χ1) is 8.70. The zero-order valence-electron chi connectivity index (χ0n) is 11.4. The van der Waals surface area contributed by atoms with Crippen molar-refractivity contribution in [3.8, 4) is 0 Å². The minimum Gasteiger partial charge on any atom is -0.358 e. The molecule has 1 saturated heterocycles. The fourth-order valence-corrected chi connectivity index (χ4v) is 2.33. The van der Waals surface area contributed by atoms with Gasteiger partial charge in [0, 0.05) is 39.3 Å². The van der Waals surface area contributed by atoms with Crippen molar-refractivity contribution < 1.29 is 0 Å². The molecular weight excluding hydrogens is 226 g/mol. The molecular formula is C13H23N5. The van der Waals surface area contributed by atoms with Gasteiger partial charge in [-0.3, -0.25) is 0 Å². The molecule has 0 saturated carbocycles. The van der Waals surface area contributed by atoms with Crippen LogP contribution >= 0.6 is 0 Å². The van der Waals surface area contributed by atoms with Crippen LogP contribution in [-0.2, 0) is 0 Å². The number of rotatable bonds is 4. The number of aryl methyl sites for hydroxylation is 1. The van der Waals surface area contributed by atoms with Crippen molar-refractivity contribution in [2.45, 2.75) is 26.2 Å². The maximum Gasteiger partial charge on any atom is 0.134 e. The van der Waals surface area contributed by atoms with Crippen molar-refractivity contribution in [1.29, 1.82) is 0 Å². The Balaban J connectivity index is 2.19. The van der Waals surface area contributed by atoms with Crippen LogP contribution in [0.5, 0.6) is 0 Å². The predicted octanol–water partition coefficient (Wildman–Crippen LogP) is 1.17. The maximum absolute atomic E-state index is 5.59. The van der Waals surface area contributed by atoms with Gasteiger partial charge in [-0.05, 0) is 26.2 Å². The lowest BCUT2D eigenvalue weighted by molar-refractivity contribution is 0.572. The van der Waals surface area contributed by atoms with Gasteiger partial charge in [-0.15, -0.1) is 0 Å². The molecule has 2 heterocycles. The highest BCUT2D eigenvalue weighted by molar-refractivity contribution is 5.50. The molecule has 1 aliphatic rings. The van der Waals surface area contributed by atoms with Gasteiger partial charge in [-0.25, -0.2) is 9.97 Å². The Kier molecular flexibility index (Phi) is 4.36. The van der Waals surface area contributed by atoms with Crippen LogP contribution in [0.4, 0.5) is 11.6 Å². The minimum atomic E-state index is 0.637. The van der Waals surface area contributed by atoms with Crippen molar-refractivity contribution >= 4 is 11.6 Å². The molecule has 100 valence electrons. The Bertz CT molecular complexity index is 387. The average molecular weight is 249 g/mol. The quantitative estimate of drug-likeness (QED) is 0.868. The van der Waals surface area contributed by atoms with Crippen LogP contribution in [0.15, 0.2) is 6.07 Å². The fraction of sp³-hybridized carbons (Fsp3) is 0.692. The van der Waals surface area contributed by atoms with Crippen LogP contribution < -0.4 is 15.5 Å². The molecule has 2 rings (SSSR count). The SMILES string of the molecule is Cc1nc(N(C)CCN)cc(N2CCCCC2)n1. The third-order valence-corrected chi connectivity index (χ3v) is 3.35. The van der Waals surface area contributed by atoms with E-state index < -0.39 is 0 Å². The molecule has 1 fully saturated rings. The summed E-state index contributed by atoms with van der Waals surface area (Å²) in [7, 11) is 2.02. The number of likely N-dealkylation sites (N-methyl/N-ethyl adjacent to an activating group) is 1. The summed E-state index contributed by atoms with van der Waals surface area (Å²) in [5.74, 6) is 2.85. The molecule has 18 heavy (non-hydrogen) atoms. The van der Waals surface area contributed by atoms with Crippen LogP contribution in [0.3, 0.4) is 0 Å². The first kappa shape index (κ1) is 13.1. The van der Waals surface area contributed by atoms with Crippen molar-refractivity contribution in [3.63, 3.8) is 0 Å². The summed E-state index contributed by atoms with van der Waals surface area (Å²) in [6.45, 7) is 5.62. The lowest BCUT2D eigenvalue weighted by Crippen LogP contribution is -2.31. The average Bonchev–Trinajstić information content (AvgIpc) is 2.39. The van der Waals surface area contributed by atoms with Crippen LogP contribution in [0, 0.1) is 6.92 Å². The van der Waals surface area contributed by atoms with Crippen LogP contribution in [0.25, 0.3) is 0 Å². The third-order valence-electron chi connectivity index (χ3n) is 3.35. The molecule has 0 radical (unpaired) electrons. The third kappa shape index (κ3) is 3.10. The molecule has 0 aliphatic carbocycles. The number of aromatic nitrogens is 2. The highest BCUT2D eigenvalue weighted by atomic mass is 15.2. The van der Waals surface area contributed by atoms with Crippen LogP contribution in [-0.4, -0.2) is 43.2 Å². The van der Waals surface area contributed by atoms with Crippen LogP contribution in [0.1, 0.15) is 25.1 Å². The molecule has 0 aromatic carbocycles. The summed E-state index contributed by atoms with van der Waals surface area (Å²) in [6.07, 6.45) is 3.86. The molecule has 0 spiro atoms. The van der Waals surface area contributed by atoms with E-state index in [0.717, 1.165) is 37.1 Å². The molecule has 5 heteroatoms. The largest absolute Gasteiger partial charge is 0.358 e. The van der Waals surface area contributed by atoms with Gasteiger partial charge in [-0.1, -0.05) is 0 Å². The molecule has 2 N–H and O–H groups in total. The van der Waals surface area contributed by atoms with Crippen molar-refractivity contribution in [3.05, 3.63) is 11.9 Å². The topological polar surface area (TPSA) is 58.3 Å². The molecule has 1 aromatic heterocycles. The van der Waals surface area contributed by atoms with E-state index in [1.807, 2.05) is 14.0 Å². The fourth-order valence-electron chi connectivity index (χ4n) is 2.33. The van der Waals surface area contributed by atoms with E-state index in [0.29, 0.717) is 6.54 Å². The molecule has 0 amide bonds. The second kappa shape index (κ2) is 6.00. The van der Waals surface area contributed by atoms with E-state index in [-0.39, 0.29) is 0 Å². The lowest BCUT2D eigenvalue weighted by Gasteiger charge is -2.29. The number of piperidine rings is 1. The van der Waals surface area contributed by atoms with Crippen molar-refractivity contribution in [1.82, 2.24) is 9.97 Å². The summed E-state index contributed by atoms with van der Waals surface area (Å²) in [6, 6.07) is 2.08. The normalized spacial score (nSPS) is 15.8. The molecule has 0 atom stereocenters. The van der Waals surface area contributed by atoms with Gasteiger partial charge in [0.2, 0.25) is 0 Å². The Labute approximate surface area is 109 Å². The smallest absolute Gasteiger partial charge is 0.134 e. The van der Waals surface area contributed by atoms with E-state index in [1.54, 1.807) is 0 Å². The van der Waals surface area contributed by atoms with Gasteiger partial charge < -0.3 is 15.5 Å². The molecule has 0 bridgehead atoms. The molecule has 1 aliphatic heterocycles. The second-order valence-corrected chi connectivity index (χ2v) is 4.89. The van der Waals surface area contributed by atoms with E-state index in [1.165, 1.54) is 19.3 Å². The van der Waals surface area contributed by atoms with E-state index in [4.69, 9.17) is 5.73 Å². The first-order valence-corrected chi connectivity index (χ1v) is 6.72. The maximum atomic E-state index is 5.59. The number of hydrogen-bond donors (Lipinski definition) is 1. The second-order valence-electron chi connectivity index (χ2n) is 4.89. The molecule has 1 aromatic rings. The van der Waals surface area contributed by atoms with E-state index in [2.05, 4.69) is 25.8 Å². The highest BCUT2D eigenvalue weighted by Gasteiger charge is 2.14. The van der Waals surface area contributed by atoms with Gasteiger partial charge >= 0.3 is 0 Å². The monoisotopic (exact) mass is 249 g/mol. The highest BCUT2D eigenvalue weighted by Crippen LogP contribution is 2.21. The zero-order chi connectivity index (χ0) is 13.0. The number of hydrogen-bond acceptors (Lipinski definition) is 5. The van der Waals surface area contributed by atoms with Crippen molar-refractivity contribution in [2.75, 3.05) is 43.0 Å². The summed E-state index contributed by atoms with van der Waals surface area (Å²) >= 11 is 0. The molecule has 0 unspecified atom stereocenters. The summed E-state index contributed by atoms with van der Waals surface area (Å²) in [5.41, 5.74) is 5.59. The zero-order valence-corrected chi connectivity index (χ0v) is 11.4. The van der Waals surface area contributed by atoms with Crippen LogP contribution in [0.2, 0.25) is 0 Å². The van der Waals surface area contributed by atoms with E-state index in [9.17, 15) is 0 Å². The van der Waals surface area contributed by atoms with E-state index >= 15 is 0 Å². The Morgan fingerprint density at radius 1 is 1.28 bits per heavy atom. The number of nitrogens with zero attached hydrogens (tertiary/aromatic N) is 4. The lowest BCUT2D eigenvalue weighted by atomic mass is 10.1. The van der Waals surface area contributed by atoms with Crippen molar-refractivity contribution in [2.24, 2.45) is 5.73 Å². The Morgan fingerprint density at radius 2 is 2.00 bits per heavy atom. The van der Waals surface area contributed by atoms with Gasteiger partial charge in [0.1, 0.15) is 17.5 Å². The Morgan fingerprint density at radius 3 is 2.67 bits per heavy atom. The first-order valence-electron chi connectivity index (χ1n) is 6.72. The minimum absolute atomic E-state index is 0.637. The summed E-state index contributed by atoms with van der Waals surface area (Å²) in [5, 5.41) is 0. The van der Waals surface area contributed by atoms with Gasteiger partial charge in [0.15, 0.2) is 0 Å². The summed E-state index contributed by atoms with van der Waals surface area (Å²) in [4.78, 5) is 13.5. The standard InChI is InChI=1S/C13H23N5/c1-11-15-12(17(2)9-6-14)10-13(16-11)18-7-4-3-5-8-18/h10H,3-9,14H2,1-2H3. The number of nitrogens with two attached hydrogens (primary N) is 1. The summed E-state index contributed by atoms with van der Waals surface area (Å²) < 4.78 is 0. The van der Waals surface area contributed by atoms with Gasteiger partial charge in [-0.2, -0.15) is 0 Å². The predicted molar refractivity (Wildman–Crippen MR) is 75.2 cm³/mol. The van der Waals surface area contributed by atoms with Gasteiger partial charge in [0.05, 0.1) is 0 Å². The van der Waals surface area contributed by atoms with Gasteiger partial charge in [0.25, 0.3) is 0 Å².